The highest BCUT2D eigenvalue weighted by atomic mass is 35.5. The van der Waals surface area contributed by atoms with E-state index in [2.05, 4.69) is 30.1 Å². The van der Waals surface area contributed by atoms with Crippen molar-refractivity contribution in [1.29, 1.82) is 0 Å². The highest BCUT2D eigenvalue weighted by Crippen LogP contribution is 2.26. The summed E-state index contributed by atoms with van der Waals surface area (Å²) in [5.74, 6) is 0.767. The van der Waals surface area contributed by atoms with Crippen LogP contribution >= 0.6 is 11.6 Å². The quantitative estimate of drug-likeness (QED) is 0.438. The highest BCUT2D eigenvalue weighted by Gasteiger charge is 2.06. The fraction of sp³-hybridized carbons (Fsp3) is 0.714. The average molecular weight is 369 g/mol. The minimum absolute atomic E-state index is 0.143. The van der Waals surface area contributed by atoms with Gasteiger partial charge in [0.25, 0.3) is 0 Å². The molecule has 0 aliphatic carbocycles. The Morgan fingerprint density at radius 1 is 1.04 bits per heavy atom. The third-order valence-corrected chi connectivity index (χ3v) is 4.47. The Labute approximate surface area is 160 Å². The first-order chi connectivity index (χ1) is 12.1. The van der Waals surface area contributed by atoms with Crippen LogP contribution in [0.4, 0.5) is 0 Å². The van der Waals surface area contributed by atoms with Crippen LogP contribution in [0.5, 0.6) is 5.75 Å². The SMILES string of the molecule is CCCCN(CCCC)CCCNCc1ccc(OC(C)C)c(Cl)c1. The van der Waals surface area contributed by atoms with E-state index in [1.165, 1.54) is 57.3 Å². The summed E-state index contributed by atoms with van der Waals surface area (Å²) < 4.78 is 5.68. The lowest BCUT2D eigenvalue weighted by Crippen LogP contribution is -2.29. The van der Waals surface area contributed by atoms with Gasteiger partial charge in [0.05, 0.1) is 11.1 Å². The number of ether oxygens (including phenoxy) is 1. The molecule has 1 aromatic rings. The molecular formula is C21H37ClN2O. The van der Waals surface area contributed by atoms with E-state index in [4.69, 9.17) is 16.3 Å². The zero-order chi connectivity index (χ0) is 18.5. The predicted molar refractivity (Wildman–Crippen MR) is 110 cm³/mol. The van der Waals surface area contributed by atoms with Gasteiger partial charge in [0.1, 0.15) is 5.75 Å². The van der Waals surface area contributed by atoms with Crippen LogP contribution in [0.2, 0.25) is 5.02 Å². The van der Waals surface area contributed by atoms with Gasteiger partial charge in [-0.15, -0.1) is 0 Å². The number of benzene rings is 1. The number of hydrogen-bond acceptors (Lipinski definition) is 3. The van der Waals surface area contributed by atoms with Crippen molar-refractivity contribution in [2.45, 2.75) is 72.4 Å². The Morgan fingerprint density at radius 2 is 1.68 bits per heavy atom. The molecule has 1 aromatic carbocycles. The van der Waals surface area contributed by atoms with Crippen molar-refractivity contribution < 1.29 is 4.74 Å². The van der Waals surface area contributed by atoms with Crippen LogP contribution in [0.3, 0.4) is 0 Å². The number of nitrogens with one attached hydrogen (secondary N) is 1. The molecular weight excluding hydrogens is 332 g/mol. The standard InChI is InChI=1S/C21H37ClN2O/c1-5-7-13-24(14-8-6-2)15-9-12-23-17-19-10-11-21(20(22)16-19)25-18(3)4/h10-11,16,18,23H,5-9,12-15,17H2,1-4H3. The van der Waals surface area contributed by atoms with Gasteiger partial charge >= 0.3 is 0 Å². The van der Waals surface area contributed by atoms with E-state index in [1.807, 2.05) is 26.0 Å². The number of unbranched alkanes of at least 4 members (excludes halogenated alkanes) is 2. The topological polar surface area (TPSA) is 24.5 Å². The van der Waals surface area contributed by atoms with Crippen molar-refractivity contribution in [1.82, 2.24) is 10.2 Å². The van der Waals surface area contributed by atoms with E-state index in [1.54, 1.807) is 0 Å². The lowest BCUT2D eigenvalue weighted by molar-refractivity contribution is 0.242. The lowest BCUT2D eigenvalue weighted by atomic mass is 10.2. The fourth-order valence-corrected chi connectivity index (χ4v) is 3.01. The number of halogens is 1. The highest BCUT2D eigenvalue weighted by molar-refractivity contribution is 6.32. The molecule has 3 nitrogen and oxygen atoms in total. The Bertz CT molecular complexity index is 457. The summed E-state index contributed by atoms with van der Waals surface area (Å²) in [4.78, 5) is 2.61. The van der Waals surface area contributed by atoms with Crippen molar-refractivity contribution in [3.63, 3.8) is 0 Å². The van der Waals surface area contributed by atoms with E-state index >= 15 is 0 Å². The predicted octanol–water partition coefficient (Wildman–Crippen LogP) is 5.51. The molecule has 0 radical (unpaired) electrons. The largest absolute Gasteiger partial charge is 0.489 e. The fourth-order valence-electron chi connectivity index (χ4n) is 2.76. The van der Waals surface area contributed by atoms with Gasteiger partial charge in [-0.2, -0.15) is 0 Å². The summed E-state index contributed by atoms with van der Waals surface area (Å²) in [6, 6.07) is 6.06. The van der Waals surface area contributed by atoms with Gasteiger partial charge in [-0.3, -0.25) is 0 Å². The second-order valence-corrected chi connectivity index (χ2v) is 7.42. The lowest BCUT2D eigenvalue weighted by Gasteiger charge is -2.22. The van der Waals surface area contributed by atoms with Gasteiger partial charge in [-0.05, 0) is 77.0 Å². The van der Waals surface area contributed by atoms with Crippen molar-refractivity contribution >= 4 is 11.6 Å². The number of nitrogens with zero attached hydrogens (tertiary/aromatic N) is 1. The molecule has 0 bridgehead atoms. The zero-order valence-electron chi connectivity index (χ0n) is 16.6. The monoisotopic (exact) mass is 368 g/mol. The minimum Gasteiger partial charge on any atom is -0.489 e. The first-order valence-corrected chi connectivity index (χ1v) is 10.3. The van der Waals surface area contributed by atoms with Gasteiger partial charge in [0, 0.05) is 6.54 Å². The smallest absolute Gasteiger partial charge is 0.138 e. The van der Waals surface area contributed by atoms with E-state index in [0.29, 0.717) is 5.02 Å². The second-order valence-electron chi connectivity index (χ2n) is 7.01. The summed E-state index contributed by atoms with van der Waals surface area (Å²) in [5.41, 5.74) is 1.20. The number of hydrogen-bond donors (Lipinski definition) is 1. The zero-order valence-corrected chi connectivity index (χ0v) is 17.4. The molecule has 25 heavy (non-hydrogen) atoms. The van der Waals surface area contributed by atoms with Gasteiger partial charge in [0.2, 0.25) is 0 Å². The van der Waals surface area contributed by atoms with Crippen LogP contribution in [0.1, 0.15) is 65.4 Å². The van der Waals surface area contributed by atoms with Crippen molar-refractivity contribution in [3.8, 4) is 5.75 Å². The van der Waals surface area contributed by atoms with Gasteiger partial charge in [0.15, 0.2) is 0 Å². The maximum absolute atomic E-state index is 6.29. The summed E-state index contributed by atoms with van der Waals surface area (Å²) in [7, 11) is 0. The maximum atomic E-state index is 6.29. The second kappa shape index (κ2) is 13.4. The molecule has 0 saturated heterocycles. The Balaban J connectivity index is 2.28. The molecule has 0 aliphatic rings. The van der Waals surface area contributed by atoms with Crippen LogP contribution in [0.15, 0.2) is 18.2 Å². The summed E-state index contributed by atoms with van der Waals surface area (Å²) >= 11 is 6.29. The van der Waals surface area contributed by atoms with E-state index in [0.717, 1.165) is 18.8 Å². The molecule has 144 valence electrons. The van der Waals surface area contributed by atoms with Crippen LogP contribution < -0.4 is 10.1 Å². The molecule has 0 amide bonds. The molecule has 0 fully saturated rings. The molecule has 0 heterocycles. The molecule has 0 spiro atoms. The molecule has 1 rings (SSSR count). The minimum atomic E-state index is 0.143. The Morgan fingerprint density at radius 3 is 2.24 bits per heavy atom. The third-order valence-electron chi connectivity index (χ3n) is 4.17. The Kier molecular flexibility index (Phi) is 12.0. The molecule has 0 unspecified atom stereocenters. The average Bonchev–Trinajstić information content (AvgIpc) is 2.58. The van der Waals surface area contributed by atoms with E-state index < -0.39 is 0 Å². The molecule has 0 atom stereocenters. The van der Waals surface area contributed by atoms with Gasteiger partial charge in [-0.25, -0.2) is 0 Å². The summed E-state index contributed by atoms with van der Waals surface area (Å²) in [6.45, 7) is 14.1. The van der Waals surface area contributed by atoms with Crippen LogP contribution in [0.25, 0.3) is 0 Å². The first kappa shape index (κ1) is 22.3. The van der Waals surface area contributed by atoms with Crippen LogP contribution in [-0.4, -0.2) is 37.2 Å². The van der Waals surface area contributed by atoms with Crippen LogP contribution in [-0.2, 0) is 6.54 Å². The summed E-state index contributed by atoms with van der Waals surface area (Å²) in [5, 5.41) is 4.22. The van der Waals surface area contributed by atoms with Gasteiger partial charge < -0.3 is 15.0 Å². The van der Waals surface area contributed by atoms with Crippen LogP contribution in [0, 0.1) is 0 Å². The molecule has 0 saturated carbocycles. The molecule has 0 aliphatic heterocycles. The molecule has 0 aromatic heterocycles. The molecule has 4 heteroatoms. The van der Waals surface area contributed by atoms with E-state index in [9.17, 15) is 0 Å². The third kappa shape index (κ3) is 10.1. The van der Waals surface area contributed by atoms with E-state index in [-0.39, 0.29) is 6.10 Å². The van der Waals surface area contributed by atoms with Gasteiger partial charge in [-0.1, -0.05) is 44.4 Å². The van der Waals surface area contributed by atoms with Crippen molar-refractivity contribution in [3.05, 3.63) is 28.8 Å². The maximum Gasteiger partial charge on any atom is 0.138 e. The summed E-state index contributed by atoms with van der Waals surface area (Å²) in [6.07, 6.45) is 6.50. The number of rotatable bonds is 14. The van der Waals surface area contributed by atoms with Crippen molar-refractivity contribution in [2.75, 3.05) is 26.2 Å². The first-order valence-electron chi connectivity index (χ1n) is 9.95. The van der Waals surface area contributed by atoms with Crippen molar-refractivity contribution in [2.24, 2.45) is 0 Å². The molecule has 1 N–H and O–H groups in total. The Hall–Kier alpha value is -0.770. The normalized spacial score (nSPS) is 11.5.